The predicted octanol–water partition coefficient (Wildman–Crippen LogP) is 5.73. The molecule has 7 nitrogen and oxygen atoms in total. The van der Waals surface area contributed by atoms with Crippen LogP contribution in [0, 0.1) is 19.8 Å². The van der Waals surface area contributed by atoms with E-state index in [9.17, 15) is 18.0 Å². The highest BCUT2D eigenvalue weighted by Gasteiger charge is 2.33. The number of hydrogen-bond acceptors (Lipinski definition) is 4. The molecule has 0 aliphatic rings. The quantitative estimate of drug-likeness (QED) is 0.295. The van der Waals surface area contributed by atoms with Crippen LogP contribution >= 0.6 is 11.6 Å². The van der Waals surface area contributed by atoms with Gasteiger partial charge in [0.15, 0.2) is 0 Å². The Morgan fingerprint density at radius 3 is 2.12 bits per heavy atom. The highest BCUT2D eigenvalue weighted by molar-refractivity contribution is 7.92. The molecule has 0 aliphatic heterocycles. The average Bonchev–Trinajstić information content (AvgIpc) is 2.90. The van der Waals surface area contributed by atoms with Gasteiger partial charge in [0, 0.05) is 18.1 Å². The molecule has 0 saturated heterocycles. The Morgan fingerprint density at radius 2 is 1.55 bits per heavy atom. The number of sulfonamides is 1. The number of rotatable bonds is 12. The standard InChI is InChI=1S/C31H38ClN3O4S/c1-6-29(31(37)33-19-22(2)3)34(20-25-11-7-9-23(4)17-25)30(36)21-35(27-12-8-10-24(5)18-27)40(38,39)28-15-13-26(32)14-16-28/h7-18,22,29H,6,19-21H2,1-5H3,(H,33,37)/t29-/m0/s1. The van der Waals surface area contributed by atoms with Gasteiger partial charge in [-0.05, 0) is 73.7 Å². The second-order valence-corrected chi connectivity index (χ2v) is 12.7. The molecular weight excluding hydrogens is 546 g/mol. The van der Waals surface area contributed by atoms with Crippen LogP contribution in [0.25, 0.3) is 0 Å². The maximum Gasteiger partial charge on any atom is 0.264 e. The lowest BCUT2D eigenvalue weighted by molar-refractivity contribution is -0.140. The molecule has 1 N–H and O–H groups in total. The third-order valence-corrected chi connectivity index (χ3v) is 8.52. The Bertz CT molecular complexity index is 1420. The Kier molecular flexibility index (Phi) is 10.8. The molecule has 9 heteroatoms. The fraction of sp³-hybridized carbons (Fsp3) is 0.355. The topological polar surface area (TPSA) is 86.8 Å². The Balaban J connectivity index is 2.05. The summed E-state index contributed by atoms with van der Waals surface area (Å²) in [4.78, 5) is 28.9. The normalized spacial score (nSPS) is 12.2. The van der Waals surface area contributed by atoms with Gasteiger partial charge in [0.2, 0.25) is 11.8 Å². The van der Waals surface area contributed by atoms with E-state index in [2.05, 4.69) is 5.32 Å². The van der Waals surface area contributed by atoms with E-state index < -0.39 is 28.5 Å². The van der Waals surface area contributed by atoms with Crippen molar-refractivity contribution in [1.29, 1.82) is 0 Å². The van der Waals surface area contributed by atoms with E-state index >= 15 is 0 Å². The van der Waals surface area contributed by atoms with Crippen LogP contribution in [0.1, 0.15) is 43.9 Å². The number of halogens is 1. The summed E-state index contributed by atoms with van der Waals surface area (Å²) in [6.07, 6.45) is 0.371. The number of amides is 2. The van der Waals surface area contributed by atoms with E-state index in [0.29, 0.717) is 23.7 Å². The van der Waals surface area contributed by atoms with Gasteiger partial charge in [-0.15, -0.1) is 0 Å². The van der Waals surface area contributed by atoms with Crippen LogP contribution in [0.2, 0.25) is 5.02 Å². The summed E-state index contributed by atoms with van der Waals surface area (Å²) in [7, 11) is -4.14. The van der Waals surface area contributed by atoms with Crippen molar-refractivity contribution < 1.29 is 18.0 Å². The van der Waals surface area contributed by atoms with Crippen molar-refractivity contribution in [3.8, 4) is 0 Å². The van der Waals surface area contributed by atoms with Gasteiger partial charge in [0.25, 0.3) is 10.0 Å². The van der Waals surface area contributed by atoms with Gasteiger partial charge in [-0.2, -0.15) is 0 Å². The van der Waals surface area contributed by atoms with Crippen LogP contribution in [0.4, 0.5) is 5.69 Å². The first kappa shape index (κ1) is 31.2. The minimum absolute atomic E-state index is 0.0122. The number of nitrogens with one attached hydrogen (secondary N) is 1. The molecule has 0 aromatic heterocycles. The van der Waals surface area contributed by atoms with Crippen LogP contribution in [-0.4, -0.2) is 44.3 Å². The summed E-state index contributed by atoms with van der Waals surface area (Å²) >= 11 is 6.01. The fourth-order valence-corrected chi connectivity index (χ4v) is 5.93. The van der Waals surface area contributed by atoms with Gasteiger partial charge in [0.05, 0.1) is 10.6 Å². The van der Waals surface area contributed by atoms with Crippen molar-refractivity contribution in [3.63, 3.8) is 0 Å². The van der Waals surface area contributed by atoms with Crippen molar-refractivity contribution in [3.05, 3.63) is 94.5 Å². The molecule has 3 aromatic carbocycles. The van der Waals surface area contributed by atoms with E-state index in [4.69, 9.17) is 11.6 Å². The van der Waals surface area contributed by atoms with Crippen LogP contribution in [-0.2, 0) is 26.2 Å². The molecule has 3 rings (SSSR count). The summed E-state index contributed by atoms with van der Waals surface area (Å²) in [5, 5.41) is 3.34. The zero-order valence-electron chi connectivity index (χ0n) is 23.7. The first-order chi connectivity index (χ1) is 18.9. The molecule has 0 bridgehead atoms. The molecule has 0 spiro atoms. The Morgan fingerprint density at radius 1 is 0.925 bits per heavy atom. The van der Waals surface area contributed by atoms with Crippen LogP contribution < -0.4 is 9.62 Å². The molecule has 3 aromatic rings. The molecule has 40 heavy (non-hydrogen) atoms. The third kappa shape index (κ3) is 8.08. The number of anilines is 1. The number of carbonyl (C=O) groups is 2. The van der Waals surface area contributed by atoms with Gasteiger partial charge >= 0.3 is 0 Å². The van der Waals surface area contributed by atoms with Crippen molar-refractivity contribution in [1.82, 2.24) is 10.2 Å². The Hall–Kier alpha value is -3.36. The number of nitrogens with zero attached hydrogens (tertiary/aromatic N) is 2. The first-order valence-corrected chi connectivity index (χ1v) is 15.2. The van der Waals surface area contributed by atoms with Crippen molar-refractivity contribution in [2.24, 2.45) is 5.92 Å². The minimum Gasteiger partial charge on any atom is -0.354 e. The monoisotopic (exact) mass is 583 g/mol. The summed E-state index contributed by atoms with van der Waals surface area (Å²) in [5.41, 5.74) is 3.08. The van der Waals surface area contributed by atoms with Gasteiger partial charge in [-0.25, -0.2) is 8.42 Å². The van der Waals surface area contributed by atoms with Crippen molar-refractivity contribution in [2.75, 3.05) is 17.4 Å². The third-order valence-electron chi connectivity index (χ3n) is 6.48. The largest absolute Gasteiger partial charge is 0.354 e. The Labute approximate surface area is 243 Å². The molecule has 0 fully saturated rings. The van der Waals surface area contributed by atoms with Gasteiger partial charge in [-0.3, -0.25) is 13.9 Å². The van der Waals surface area contributed by atoms with Gasteiger partial charge in [-0.1, -0.05) is 74.3 Å². The van der Waals surface area contributed by atoms with Crippen LogP contribution in [0.3, 0.4) is 0 Å². The fourth-order valence-electron chi connectivity index (χ4n) is 4.39. The molecule has 0 unspecified atom stereocenters. The van der Waals surface area contributed by atoms with E-state index in [1.54, 1.807) is 18.2 Å². The zero-order valence-corrected chi connectivity index (χ0v) is 25.3. The van der Waals surface area contributed by atoms with E-state index in [1.165, 1.54) is 29.2 Å². The van der Waals surface area contributed by atoms with E-state index in [0.717, 1.165) is 21.0 Å². The SMILES string of the molecule is CC[C@@H](C(=O)NCC(C)C)N(Cc1cccc(C)c1)C(=O)CN(c1cccc(C)c1)S(=O)(=O)c1ccc(Cl)cc1. The average molecular weight is 584 g/mol. The number of benzene rings is 3. The zero-order chi connectivity index (χ0) is 29.4. The van der Waals surface area contributed by atoms with E-state index in [-0.39, 0.29) is 23.3 Å². The van der Waals surface area contributed by atoms with Crippen LogP contribution in [0.5, 0.6) is 0 Å². The summed E-state index contributed by atoms with van der Waals surface area (Å²) in [6.45, 7) is 9.82. The lowest BCUT2D eigenvalue weighted by Crippen LogP contribution is -2.52. The lowest BCUT2D eigenvalue weighted by atomic mass is 10.1. The van der Waals surface area contributed by atoms with Crippen molar-refractivity contribution in [2.45, 2.75) is 58.5 Å². The molecule has 0 aliphatic carbocycles. The molecule has 2 amide bonds. The molecule has 214 valence electrons. The maximum atomic E-state index is 14.1. The van der Waals surface area contributed by atoms with Gasteiger partial charge < -0.3 is 10.2 Å². The minimum atomic E-state index is -4.14. The summed E-state index contributed by atoms with van der Waals surface area (Å²) < 4.78 is 28.9. The molecular formula is C31H38ClN3O4S. The van der Waals surface area contributed by atoms with E-state index in [1.807, 2.05) is 65.0 Å². The summed E-state index contributed by atoms with van der Waals surface area (Å²) in [5.74, 6) is -0.504. The van der Waals surface area contributed by atoms with Crippen LogP contribution in [0.15, 0.2) is 77.7 Å². The molecule has 0 radical (unpaired) electrons. The predicted molar refractivity (Wildman–Crippen MR) is 161 cm³/mol. The smallest absolute Gasteiger partial charge is 0.264 e. The molecule has 0 saturated carbocycles. The second kappa shape index (κ2) is 13.8. The number of carbonyl (C=O) groups excluding carboxylic acids is 2. The first-order valence-electron chi connectivity index (χ1n) is 13.4. The summed E-state index contributed by atoms with van der Waals surface area (Å²) in [6, 6.07) is 19.8. The number of aryl methyl sites for hydroxylation is 2. The van der Waals surface area contributed by atoms with Crippen molar-refractivity contribution >= 4 is 39.1 Å². The lowest BCUT2D eigenvalue weighted by Gasteiger charge is -2.33. The molecule has 0 heterocycles. The highest BCUT2D eigenvalue weighted by atomic mass is 35.5. The highest BCUT2D eigenvalue weighted by Crippen LogP contribution is 2.26. The second-order valence-electron chi connectivity index (χ2n) is 10.4. The number of hydrogen-bond donors (Lipinski definition) is 1. The van der Waals surface area contributed by atoms with Gasteiger partial charge in [0.1, 0.15) is 12.6 Å². The molecule has 1 atom stereocenters. The maximum absolute atomic E-state index is 14.1.